The van der Waals surface area contributed by atoms with E-state index in [1.54, 1.807) is 13.0 Å². The number of H-pyrrole nitrogens is 1. The molecule has 0 aliphatic rings. The van der Waals surface area contributed by atoms with Crippen LogP contribution >= 0.6 is 11.6 Å². The van der Waals surface area contributed by atoms with Crippen molar-refractivity contribution in [2.24, 2.45) is 0 Å². The van der Waals surface area contributed by atoms with Gasteiger partial charge < -0.3 is 9.15 Å². The quantitative estimate of drug-likeness (QED) is 0.737. The Bertz CT molecular complexity index is 1080. The summed E-state index contributed by atoms with van der Waals surface area (Å²) in [5, 5.41) is 0.266. The van der Waals surface area contributed by atoms with Crippen LogP contribution in [0.25, 0.3) is 11.1 Å². The Kier molecular flexibility index (Phi) is 4.02. The molecule has 0 fully saturated rings. The van der Waals surface area contributed by atoms with Crippen molar-refractivity contribution in [1.82, 2.24) is 4.98 Å². The predicted octanol–water partition coefficient (Wildman–Crippen LogP) is 2.89. The van der Waals surface area contributed by atoms with Crippen LogP contribution in [-0.2, 0) is 10.0 Å². The second-order valence-corrected chi connectivity index (χ2v) is 7.17. The number of oxazole rings is 1. The molecule has 9 heteroatoms. The maximum absolute atomic E-state index is 12.7. The van der Waals surface area contributed by atoms with Crippen molar-refractivity contribution >= 4 is 38.4 Å². The van der Waals surface area contributed by atoms with E-state index in [0.29, 0.717) is 22.4 Å². The summed E-state index contributed by atoms with van der Waals surface area (Å²) in [6.45, 7) is 1.69. The molecule has 0 spiro atoms. The molecular formula is C15H13ClN2O5S. The zero-order valence-electron chi connectivity index (χ0n) is 12.7. The summed E-state index contributed by atoms with van der Waals surface area (Å²) >= 11 is 5.90. The number of benzene rings is 2. The molecule has 3 rings (SSSR count). The molecule has 0 saturated heterocycles. The number of halogens is 1. The summed E-state index contributed by atoms with van der Waals surface area (Å²) in [6, 6.07) is 7.37. The second-order valence-electron chi connectivity index (χ2n) is 5.08. The molecule has 3 aromatic rings. The maximum atomic E-state index is 12.7. The van der Waals surface area contributed by atoms with E-state index in [9.17, 15) is 13.2 Å². The number of rotatable bonds is 4. The Morgan fingerprint density at radius 1 is 1.25 bits per heavy atom. The molecule has 0 amide bonds. The monoisotopic (exact) mass is 368 g/mol. The molecule has 24 heavy (non-hydrogen) atoms. The van der Waals surface area contributed by atoms with Gasteiger partial charge in [0.15, 0.2) is 5.58 Å². The summed E-state index contributed by atoms with van der Waals surface area (Å²) < 4.78 is 37.9. The lowest BCUT2D eigenvalue weighted by atomic mass is 10.2. The van der Waals surface area contributed by atoms with E-state index < -0.39 is 15.8 Å². The van der Waals surface area contributed by atoms with Gasteiger partial charge in [-0.3, -0.25) is 9.71 Å². The van der Waals surface area contributed by atoms with Crippen LogP contribution in [0.4, 0.5) is 5.69 Å². The standard InChI is InChI=1S/C15H13ClN2O5S/c1-8-5-13-11(17-15(19)23-13)7-10(8)18-24(20,21)14-6-9(16)3-4-12(14)22-2/h3-7,18H,1-2H3,(H,17,19). The van der Waals surface area contributed by atoms with Gasteiger partial charge in [0.2, 0.25) is 0 Å². The van der Waals surface area contributed by atoms with E-state index in [1.165, 1.54) is 31.4 Å². The number of methoxy groups -OCH3 is 1. The van der Waals surface area contributed by atoms with E-state index in [0.717, 1.165) is 0 Å². The van der Waals surface area contributed by atoms with E-state index in [-0.39, 0.29) is 15.7 Å². The molecule has 2 aromatic carbocycles. The van der Waals surface area contributed by atoms with Gasteiger partial charge in [0.25, 0.3) is 10.0 Å². The molecule has 0 atom stereocenters. The van der Waals surface area contributed by atoms with Crippen molar-refractivity contribution in [2.75, 3.05) is 11.8 Å². The summed E-state index contributed by atoms with van der Waals surface area (Å²) in [6.07, 6.45) is 0. The molecule has 0 aliphatic heterocycles. The van der Waals surface area contributed by atoms with E-state index in [1.807, 2.05) is 0 Å². The minimum absolute atomic E-state index is 0.0855. The fourth-order valence-corrected chi connectivity index (χ4v) is 3.82. The lowest BCUT2D eigenvalue weighted by molar-refractivity contribution is 0.403. The highest BCUT2D eigenvalue weighted by Crippen LogP contribution is 2.30. The molecule has 0 aliphatic carbocycles. The first-order valence-electron chi connectivity index (χ1n) is 6.80. The van der Waals surface area contributed by atoms with Crippen molar-refractivity contribution in [2.45, 2.75) is 11.8 Å². The van der Waals surface area contributed by atoms with E-state index in [4.69, 9.17) is 20.8 Å². The summed E-state index contributed by atoms with van der Waals surface area (Å²) in [7, 11) is -2.57. The van der Waals surface area contributed by atoms with Gasteiger partial charge in [0.05, 0.1) is 18.3 Å². The van der Waals surface area contributed by atoms with Crippen molar-refractivity contribution in [1.29, 1.82) is 0 Å². The highest BCUT2D eigenvalue weighted by molar-refractivity contribution is 7.92. The largest absolute Gasteiger partial charge is 0.495 e. The van der Waals surface area contributed by atoms with Gasteiger partial charge >= 0.3 is 5.76 Å². The minimum Gasteiger partial charge on any atom is -0.495 e. The molecule has 2 N–H and O–H groups in total. The third kappa shape index (κ3) is 2.98. The first-order chi connectivity index (χ1) is 11.3. The van der Waals surface area contributed by atoms with Gasteiger partial charge in [0.1, 0.15) is 10.6 Å². The summed E-state index contributed by atoms with van der Waals surface area (Å²) in [4.78, 5) is 13.6. The van der Waals surface area contributed by atoms with Gasteiger partial charge in [0, 0.05) is 5.02 Å². The molecule has 0 radical (unpaired) electrons. The second kappa shape index (κ2) is 5.88. The van der Waals surface area contributed by atoms with Crippen LogP contribution in [0.2, 0.25) is 5.02 Å². The summed E-state index contributed by atoms with van der Waals surface area (Å²) in [5.41, 5.74) is 1.64. The number of hydrogen-bond acceptors (Lipinski definition) is 5. The predicted molar refractivity (Wildman–Crippen MR) is 90.4 cm³/mol. The lowest BCUT2D eigenvalue weighted by Gasteiger charge is -2.13. The topological polar surface area (TPSA) is 101 Å². The summed E-state index contributed by atoms with van der Waals surface area (Å²) in [5.74, 6) is -0.441. The molecule has 0 bridgehead atoms. The molecule has 126 valence electrons. The number of sulfonamides is 1. The lowest BCUT2D eigenvalue weighted by Crippen LogP contribution is -2.15. The number of anilines is 1. The van der Waals surface area contributed by atoms with Gasteiger partial charge in [-0.05, 0) is 42.8 Å². The van der Waals surface area contributed by atoms with Crippen LogP contribution in [0.5, 0.6) is 5.75 Å². The van der Waals surface area contributed by atoms with Gasteiger partial charge in [-0.25, -0.2) is 13.2 Å². The molecule has 7 nitrogen and oxygen atoms in total. The normalized spacial score (nSPS) is 11.6. The Balaban J connectivity index is 2.08. The number of aromatic amines is 1. The number of fused-ring (bicyclic) bond motifs is 1. The van der Waals surface area contributed by atoms with E-state index >= 15 is 0 Å². The van der Waals surface area contributed by atoms with Crippen LogP contribution in [0.3, 0.4) is 0 Å². The van der Waals surface area contributed by atoms with Crippen LogP contribution in [0.15, 0.2) is 44.4 Å². The van der Waals surface area contributed by atoms with Crippen molar-refractivity contribution in [3.63, 3.8) is 0 Å². The fourth-order valence-electron chi connectivity index (χ4n) is 2.27. The van der Waals surface area contributed by atoms with Crippen LogP contribution < -0.4 is 15.2 Å². The first kappa shape index (κ1) is 16.4. The SMILES string of the molecule is COc1ccc(Cl)cc1S(=O)(=O)Nc1cc2[nH]c(=O)oc2cc1C. The highest BCUT2D eigenvalue weighted by Gasteiger charge is 2.21. The Hall–Kier alpha value is -2.45. The van der Waals surface area contributed by atoms with Crippen LogP contribution in [-0.4, -0.2) is 20.5 Å². The number of ether oxygens (including phenoxy) is 1. The Labute approximate surface area is 142 Å². The van der Waals surface area contributed by atoms with Gasteiger partial charge in [-0.2, -0.15) is 0 Å². The zero-order chi connectivity index (χ0) is 17.5. The molecule has 1 aromatic heterocycles. The molecule has 0 unspecified atom stereocenters. The third-order valence-electron chi connectivity index (χ3n) is 3.43. The number of hydrogen-bond donors (Lipinski definition) is 2. The van der Waals surface area contributed by atoms with Gasteiger partial charge in [-0.15, -0.1) is 0 Å². The average molecular weight is 369 g/mol. The number of nitrogens with one attached hydrogen (secondary N) is 2. The first-order valence-corrected chi connectivity index (χ1v) is 8.66. The highest BCUT2D eigenvalue weighted by atomic mass is 35.5. The number of aryl methyl sites for hydroxylation is 1. The van der Waals surface area contributed by atoms with Crippen LogP contribution in [0, 0.1) is 6.92 Å². The van der Waals surface area contributed by atoms with Crippen molar-refractivity contribution < 1.29 is 17.6 Å². The van der Waals surface area contributed by atoms with Crippen molar-refractivity contribution in [3.05, 3.63) is 51.5 Å². The van der Waals surface area contributed by atoms with E-state index in [2.05, 4.69) is 9.71 Å². The molecular weight excluding hydrogens is 356 g/mol. The average Bonchev–Trinajstić information content (AvgIpc) is 2.86. The zero-order valence-corrected chi connectivity index (χ0v) is 14.3. The van der Waals surface area contributed by atoms with Crippen LogP contribution in [0.1, 0.15) is 5.56 Å². The maximum Gasteiger partial charge on any atom is 0.417 e. The Morgan fingerprint density at radius 2 is 2.00 bits per heavy atom. The number of aromatic nitrogens is 1. The molecule has 0 saturated carbocycles. The Morgan fingerprint density at radius 3 is 2.71 bits per heavy atom. The van der Waals surface area contributed by atoms with Gasteiger partial charge in [-0.1, -0.05) is 11.6 Å². The van der Waals surface area contributed by atoms with Crippen molar-refractivity contribution in [3.8, 4) is 5.75 Å². The minimum atomic E-state index is -3.95. The fraction of sp³-hybridized carbons (Fsp3) is 0.133. The smallest absolute Gasteiger partial charge is 0.417 e. The molecule has 1 heterocycles. The third-order valence-corrected chi connectivity index (χ3v) is 5.05.